The SMILES string of the molecule is CCC(C)CC(C)(C)C1CC(=O)N(c2ccccc2)C1=O. The van der Waals surface area contributed by atoms with Crippen LogP contribution >= 0.6 is 0 Å². The van der Waals surface area contributed by atoms with Gasteiger partial charge in [0.1, 0.15) is 0 Å². The van der Waals surface area contributed by atoms with Crippen molar-refractivity contribution in [3.63, 3.8) is 0 Å². The molecule has 0 spiro atoms. The molecule has 1 fully saturated rings. The van der Waals surface area contributed by atoms with Crippen LogP contribution in [0.25, 0.3) is 0 Å². The molecule has 0 bridgehead atoms. The molecule has 2 unspecified atom stereocenters. The van der Waals surface area contributed by atoms with Crippen LogP contribution < -0.4 is 4.90 Å². The molecule has 1 aromatic carbocycles. The second-order valence-electron chi connectivity index (χ2n) is 6.87. The molecular weight excluding hydrogens is 262 g/mol. The molecule has 1 aromatic rings. The van der Waals surface area contributed by atoms with E-state index in [-0.39, 0.29) is 23.1 Å². The van der Waals surface area contributed by atoms with Crippen molar-refractivity contribution in [1.82, 2.24) is 0 Å². The third kappa shape index (κ3) is 3.17. The first-order chi connectivity index (χ1) is 9.86. The van der Waals surface area contributed by atoms with Crippen LogP contribution in [0.5, 0.6) is 0 Å². The largest absolute Gasteiger partial charge is 0.274 e. The molecule has 1 aliphatic heterocycles. The molecule has 2 amide bonds. The van der Waals surface area contributed by atoms with Gasteiger partial charge in [0.2, 0.25) is 11.8 Å². The van der Waals surface area contributed by atoms with Gasteiger partial charge in [-0.1, -0.05) is 52.3 Å². The van der Waals surface area contributed by atoms with Gasteiger partial charge in [-0.2, -0.15) is 0 Å². The highest BCUT2D eigenvalue weighted by Crippen LogP contribution is 2.42. The summed E-state index contributed by atoms with van der Waals surface area (Å²) in [5.74, 6) is 0.237. The first-order valence-corrected chi connectivity index (χ1v) is 7.78. The molecule has 0 saturated carbocycles. The van der Waals surface area contributed by atoms with Crippen molar-refractivity contribution in [1.29, 1.82) is 0 Å². The first-order valence-electron chi connectivity index (χ1n) is 7.78. The van der Waals surface area contributed by atoms with E-state index in [4.69, 9.17) is 0 Å². The standard InChI is InChI=1S/C18H25NO2/c1-5-13(2)12-18(3,4)15-11-16(20)19(17(15)21)14-9-7-6-8-10-14/h6-10,13,15H,5,11-12H2,1-4H3. The third-order valence-electron chi connectivity index (χ3n) is 4.68. The predicted molar refractivity (Wildman–Crippen MR) is 84.9 cm³/mol. The minimum Gasteiger partial charge on any atom is -0.274 e. The summed E-state index contributed by atoms with van der Waals surface area (Å²) in [6, 6.07) is 9.24. The number of rotatable bonds is 5. The summed E-state index contributed by atoms with van der Waals surface area (Å²) in [7, 11) is 0. The highest BCUT2D eigenvalue weighted by molar-refractivity contribution is 6.21. The topological polar surface area (TPSA) is 37.4 Å². The number of amides is 2. The van der Waals surface area contributed by atoms with E-state index in [9.17, 15) is 9.59 Å². The normalized spacial score (nSPS) is 21.0. The Morgan fingerprint density at radius 1 is 1.24 bits per heavy atom. The third-order valence-corrected chi connectivity index (χ3v) is 4.68. The predicted octanol–water partition coefficient (Wildman–Crippen LogP) is 4.03. The molecular formula is C18H25NO2. The zero-order valence-corrected chi connectivity index (χ0v) is 13.4. The summed E-state index contributed by atoms with van der Waals surface area (Å²) < 4.78 is 0. The second kappa shape index (κ2) is 6.00. The molecule has 21 heavy (non-hydrogen) atoms. The van der Waals surface area contributed by atoms with Crippen molar-refractivity contribution in [3.8, 4) is 0 Å². The van der Waals surface area contributed by atoms with Crippen LogP contribution in [0, 0.1) is 17.3 Å². The molecule has 3 nitrogen and oxygen atoms in total. The monoisotopic (exact) mass is 287 g/mol. The fourth-order valence-corrected chi connectivity index (χ4v) is 3.28. The molecule has 0 radical (unpaired) electrons. The van der Waals surface area contributed by atoms with E-state index >= 15 is 0 Å². The summed E-state index contributed by atoms with van der Waals surface area (Å²) in [5, 5.41) is 0. The van der Waals surface area contributed by atoms with Gasteiger partial charge >= 0.3 is 0 Å². The minimum atomic E-state index is -0.209. The molecule has 0 aromatic heterocycles. The number of benzene rings is 1. The van der Waals surface area contributed by atoms with Gasteiger partial charge in [-0.3, -0.25) is 14.5 Å². The Kier molecular flexibility index (Phi) is 4.50. The number of carbonyl (C=O) groups excluding carboxylic acids is 2. The molecule has 0 aliphatic carbocycles. The number of nitrogens with zero attached hydrogens (tertiary/aromatic N) is 1. The van der Waals surface area contributed by atoms with Crippen molar-refractivity contribution < 1.29 is 9.59 Å². The first kappa shape index (κ1) is 15.7. The smallest absolute Gasteiger partial charge is 0.237 e. The van der Waals surface area contributed by atoms with E-state index in [1.807, 2.05) is 30.3 Å². The van der Waals surface area contributed by atoms with E-state index in [1.54, 1.807) is 0 Å². The van der Waals surface area contributed by atoms with Crippen LogP contribution in [0.4, 0.5) is 5.69 Å². The zero-order valence-electron chi connectivity index (χ0n) is 13.4. The summed E-state index contributed by atoms with van der Waals surface area (Å²) in [6.07, 6.45) is 2.40. The van der Waals surface area contributed by atoms with E-state index in [1.165, 1.54) is 4.90 Å². The Balaban J connectivity index is 2.22. The number of carbonyl (C=O) groups is 2. The molecule has 1 saturated heterocycles. The number of para-hydroxylation sites is 1. The van der Waals surface area contributed by atoms with Crippen LogP contribution in [0.3, 0.4) is 0 Å². The van der Waals surface area contributed by atoms with Crippen LogP contribution in [0.1, 0.15) is 47.0 Å². The Bertz CT molecular complexity index is 521. The lowest BCUT2D eigenvalue weighted by Crippen LogP contribution is -2.35. The van der Waals surface area contributed by atoms with Gasteiger partial charge in [-0.05, 0) is 29.9 Å². The number of imide groups is 1. The van der Waals surface area contributed by atoms with Crippen molar-refractivity contribution in [2.45, 2.75) is 47.0 Å². The molecule has 114 valence electrons. The maximum atomic E-state index is 12.7. The molecule has 2 atom stereocenters. The van der Waals surface area contributed by atoms with Crippen LogP contribution in [0.2, 0.25) is 0 Å². The van der Waals surface area contributed by atoms with Gasteiger partial charge in [-0.15, -0.1) is 0 Å². The van der Waals surface area contributed by atoms with Crippen LogP contribution in [-0.2, 0) is 9.59 Å². The molecule has 1 aliphatic rings. The lowest BCUT2D eigenvalue weighted by atomic mass is 9.72. The molecule has 2 rings (SSSR count). The number of hydrogen-bond donors (Lipinski definition) is 0. The van der Waals surface area contributed by atoms with Crippen LogP contribution in [-0.4, -0.2) is 11.8 Å². The fourth-order valence-electron chi connectivity index (χ4n) is 3.28. The highest BCUT2D eigenvalue weighted by atomic mass is 16.2. The van der Waals surface area contributed by atoms with E-state index in [0.29, 0.717) is 18.0 Å². The molecule has 1 heterocycles. The summed E-state index contributed by atoms with van der Waals surface area (Å²) in [5.41, 5.74) is 0.542. The van der Waals surface area contributed by atoms with Gasteiger partial charge in [0, 0.05) is 6.42 Å². The zero-order chi connectivity index (χ0) is 15.6. The maximum Gasteiger partial charge on any atom is 0.237 e. The fraction of sp³-hybridized carbons (Fsp3) is 0.556. The second-order valence-corrected chi connectivity index (χ2v) is 6.87. The van der Waals surface area contributed by atoms with Gasteiger partial charge in [-0.25, -0.2) is 0 Å². The van der Waals surface area contributed by atoms with E-state index in [2.05, 4.69) is 27.7 Å². The lowest BCUT2D eigenvalue weighted by Gasteiger charge is -2.32. The van der Waals surface area contributed by atoms with Crippen LogP contribution in [0.15, 0.2) is 30.3 Å². The van der Waals surface area contributed by atoms with Gasteiger partial charge < -0.3 is 0 Å². The van der Waals surface area contributed by atoms with Crippen molar-refractivity contribution in [3.05, 3.63) is 30.3 Å². The summed E-state index contributed by atoms with van der Waals surface area (Å²) in [4.78, 5) is 26.4. The molecule has 3 heteroatoms. The van der Waals surface area contributed by atoms with E-state index in [0.717, 1.165) is 12.8 Å². The maximum absolute atomic E-state index is 12.7. The minimum absolute atomic E-state index is 0.0421. The van der Waals surface area contributed by atoms with Crippen molar-refractivity contribution >= 4 is 17.5 Å². The van der Waals surface area contributed by atoms with E-state index < -0.39 is 0 Å². The Morgan fingerprint density at radius 3 is 2.43 bits per heavy atom. The van der Waals surface area contributed by atoms with Gasteiger partial charge in [0.05, 0.1) is 11.6 Å². The average Bonchev–Trinajstić information content (AvgIpc) is 2.75. The lowest BCUT2D eigenvalue weighted by molar-refractivity contribution is -0.124. The highest BCUT2D eigenvalue weighted by Gasteiger charge is 2.47. The summed E-state index contributed by atoms with van der Waals surface area (Å²) in [6.45, 7) is 8.60. The van der Waals surface area contributed by atoms with Gasteiger partial charge in [0.15, 0.2) is 0 Å². The average molecular weight is 287 g/mol. The van der Waals surface area contributed by atoms with Crippen molar-refractivity contribution in [2.24, 2.45) is 17.3 Å². The summed E-state index contributed by atoms with van der Waals surface area (Å²) >= 11 is 0. The van der Waals surface area contributed by atoms with Crippen molar-refractivity contribution in [2.75, 3.05) is 4.90 Å². The number of anilines is 1. The number of hydrogen-bond acceptors (Lipinski definition) is 2. The Hall–Kier alpha value is -1.64. The quantitative estimate of drug-likeness (QED) is 0.767. The van der Waals surface area contributed by atoms with Gasteiger partial charge in [0.25, 0.3) is 0 Å². The Morgan fingerprint density at radius 2 is 1.86 bits per heavy atom. The Labute approximate surface area is 127 Å². The molecule has 0 N–H and O–H groups in total.